The SMILES string of the molecule is COCOc1c(F)cc(Cl)cc1C1CCN(C(=O)OC(C)(C)C)CC1. The van der Waals surface area contributed by atoms with Crippen LogP contribution in [0.5, 0.6) is 5.75 Å². The standard InChI is InChI=1S/C18H25ClFNO4/c1-18(2,3)25-17(22)21-7-5-12(6-8-21)14-9-13(19)10-15(20)16(14)24-11-23-4/h9-10,12H,5-8,11H2,1-4H3. The van der Waals surface area contributed by atoms with Crippen LogP contribution in [0.15, 0.2) is 12.1 Å². The molecule has 2 rings (SSSR count). The molecule has 1 aliphatic heterocycles. The summed E-state index contributed by atoms with van der Waals surface area (Å²) < 4.78 is 29.9. The summed E-state index contributed by atoms with van der Waals surface area (Å²) in [6.45, 7) is 6.56. The highest BCUT2D eigenvalue weighted by Crippen LogP contribution is 2.38. The lowest BCUT2D eigenvalue weighted by Crippen LogP contribution is -2.41. The van der Waals surface area contributed by atoms with Crippen LogP contribution in [0.2, 0.25) is 5.02 Å². The number of amides is 1. The molecule has 1 fully saturated rings. The summed E-state index contributed by atoms with van der Waals surface area (Å²) in [7, 11) is 1.48. The maximum Gasteiger partial charge on any atom is 0.410 e. The molecule has 0 saturated carbocycles. The molecule has 0 atom stereocenters. The molecular formula is C18H25ClFNO4. The highest BCUT2D eigenvalue weighted by atomic mass is 35.5. The summed E-state index contributed by atoms with van der Waals surface area (Å²) in [6, 6.07) is 2.95. The number of carbonyl (C=O) groups excluding carboxylic acids is 1. The number of ether oxygens (including phenoxy) is 3. The van der Waals surface area contributed by atoms with E-state index in [0.717, 1.165) is 0 Å². The fourth-order valence-electron chi connectivity index (χ4n) is 2.85. The van der Waals surface area contributed by atoms with Crippen LogP contribution in [0.4, 0.5) is 9.18 Å². The number of methoxy groups -OCH3 is 1. The van der Waals surface area contributed by atoms with Gasteiger partial charge in [-0.15, -0.1) is 0 Å². The number of likely N-dealkylation sites (tertiary alicyclic amines) is 1. The minimum atomic E-state index is -0.523. The van der Waals surface area contributed by atoms with E-state index in [4.69, 9.17) is 25.8 Å². The molecule has 0 bridgehead atoms. The Balaban J connectivity index is 2.08. The number of hydrogen-bond acceptors (Lipinski definition) is 4. The highest BCUT2D eigenvalue weighted by molar-refractivity contribution is 6.30. The third-order valence-corrected chi connectivity index (χ3v) is 4.16. The third-order valence-electron chi connectivity index (χ3n) is 3.94. The second-order valence-corrected chi connectivity index (χ2v) is 7.53. The van der Waals surface area contributed by atoms with E-state index in [1.54, 1.807) is 11.0 Å². The van der Waals surface area contributed by atoms with Gasteiger partial charge in [0.25, 0.3) is 0 Å². The van der Waals surface area contributed by atoms with Crippen LogP contribution in [0.3, 0.4) is 0 Å². The monoisotopic (exact) mass is 373 g/mol. The summed E-state index contributed by atoms with van der Waals surface area (Å²) in [4.78, 5) is 13.8. The van der Waals surface area contributed by atoms with Gasteiger partial charge in [-0.1, -0.05) is 11.6 Å². The average Bonchev–Trinajstić information content (AvgIpc) is 2.52. The van der Waals surface area contributed by atoms with E-state index in [1.165, 1.54) is 13.2 Å². The summed E-state index contributed by atoms with van der Waals surface area (Å²) in [6.07, 6.45) is 1.05. The van der Waals surface area contributed by atoms with Gasteiger partial charge < -0.3 is 19.1 Å². The maximum absolute atomic E-state index is 14.2. The fraction of sp³-hybridized carbons (Fsp3) is 0.611. The molecule has 1 aromatic rings. The van der Waals surface area contributed by atoms with E-state index in [1.807, 2.05) is 20.8 Å². The van der Waals surface area contributed by atoms with E-state index in [9.17, 15) is 9.18 Å². The molecule has 1 aromatic carbocycles. The first-order valence-corrected chi connectivity index (χ1v) is 8.67. The van der Waals surface area contributed by atoms with E-state index >= 15 is 0 Å². The summed E-state index contributed by atoms with van der Waals surface area (Å²) in [5.41, 5.74) is 0.191. The molecule has 5 nitrogen and oxygen atoms in total. The zero-order valence-corrected chi connectivity index (χ0v) is 15.9. The van der Waals surface area contributed by atoms with Gasteiger partial charge in [0.05, 0.1) is 0 Å². The number of rotatable bonds is 4. The van der Waals surface area contributed by atoms with Crippen LogP contribution in [0, 0.1) is 5.82 Å². The van der Waals surface area contributed by atoms with Crippen LogP contribution in [0.1, 0.15) is 45.1 Å². The van der Waals surface area contributed by atoms with Crippen molar-refractivity contribution in [2.45, 2.75) is 45.1 Å². The minimum Gasteiger partial charge on any atom is -0.464 e. The van der Waals surface area contributed by atoms with Crippen molar-refractivity contribution in [3.8, 4) is 5.75 Å². The molecule has 1 aliphatic rings. The molecule has 0 spiro atoms. The van der Waals surface area contributed by atoms with Gasteiger partial charge in [0.15, 0.2) is 18.4 Å². The van der Waals surface area contributed by atoms with Crippen molar-refractivity contribution in [1.29, 1.82) is 0 Å². The van der Waals surface area contributed by atoms with Crippen molar-refractivity contribution in [3.63, 3.8) is 0 Å². The molecule has 0 aromatic heterocycles. The molecule has 1 saturated heterocycles. The Labute approximate surface area is 153 Å². The molecule has 140 valence electrons. The predicted octanol–water partition coefficient (Wildman–Crippen LogP) is 4.58. The Bertz CT molecular complexity index is 610. The van der Waals surface area contributed by atoms with Crippen LogP contribution >= 0.6 is 11.6 Å². The lowest BCUT2D eigenvalue weighted by Gasteiger charge is -2.34. The molecule has 1 heterocycles. The van der Waals surface area contributed by atoms with Crippen molar-refractivity contribution in [2.24, 2.45) is 0 Å². The van der Waals surface area contributed by atoms with Crippen molar-refractivity contribution in [3.05, 3.63) is 28.5 Å². The first-order valence-electron chi connectivity index (χ1n) is 8.30. The minimum absolute atomic E-state index is 0.0394. The number of piperidine rings is 1. The highest BCUT2D eigenvalue weighted by Gasteiger charge is 2.29. The number of nitrogens with zero attached hydrogens (tertiary/aromatic N) is 1. The zero-order chi connectivity index (χ0) is 18.6. The van der Waals surface area contributed by atoms with Crippen molar-refractivity contribution < 1.29 is 23.4 Å². The first-order chi connectivity index (χ1) is 11.7. The Kier molecular flexibility index (Phi) is 6.52. The molecule has 0 radical (unpaired) electrons. The maximum atomic E-state index is 14.2. The smallest absolute Gasteiger partial charge is 0.410 e. The quantitative estimate of drug-likeness (QED) is 0.725. The fourth-order valence-corrected chi connectivity index (χ4v) is 3.07. The summed E-state index contributed by atoms with van der Waals surface area (Å²) >= 11 is 6.02. The van der Waals surface area contributed by atoms with E-state index in [2.05, 4.69) is 0 Å². The number of halogens is 2. The lowest BCUT2D eigenvalue weighted by atomic mass is 9.89. The average molecular weight is 374 g/mol. The van der Waals surface area contributed by atoms with Crippen molar-refractivity contribution >= 4 is 17.7 Å². The third kappa shape index (κ3) is 5.47. The molecule has 1 amide bonds. The molecular weight excluding hydrogens is 349 g/mol. The van der Waals surface area contributed by atoms with Crippen molar-refractivity contribution in [1.82, 2.24) is 4.90 Å². The second kappa shape index (κ2) is 8.23. The van der Waals surface area contributed by atoms with Gasteiger partial charge in [-0.2, -0.15) is 0 Å². The van der Waals surface area contributed by atoms with Gasteiger partial charge in [0, 0.05) is 30.8 Å². The normalized spacial score (nSPS) is 16.0. The molecule has 25 heavy (non-hydrogen) atoms. The molecule has 7 heteroatoms. The largest absolute Gasteiger partial charge is 0.464 e. The Morgan fingerprint density at radius 1 is 1.32 bits per heavy atom. The van der Waals surface area contributed by atoms with E-state index in [0.29, 0.717) is 36.5 Å². The number of carbonyl (C=O) groups is 1. The van der Waals surface area contributed by atoms with Crippen LogP contribution in [0.25, 0.3) is 0 Å². The van der Waals surface area contributed by atoms with Gasteiger partial charge in [0.1, 0.15) is 5.60 Å². The Morgan fingerprint density at radius 2 is 1.96 bits per heavy atom. The van der Waals surface area contributed by atoms with Gasteiger partial charge in [-0.25, -0.2) is 9.18 Å². The van der Waals surface area contributed by atoms with E-state index in [-0.39, 0.29) is 24.6 Å². The number of hydrogen-bond donors (Lipinski definition) is 0. The predicted molar refractivity (Wildman–Crippen MR) is 93.7 cm³/mol. The second-order valence-electron chi connectivity index (χ2n) is 7.10. The summed E-state index contributed by atoms with van der Waals surface area (Å²) in [5.74, 6) is -0.283. The van der Waals surface area contributed by atoms with Crippen molar-refractivity contribution in [2.75, 3.05) is 27.0 Å². The first kappa shape index (κ1) is 19.8. The number of benzene rings is 1. The molecule has 0 unspecified atom stereocenters. The zero-order valence-electron chi connectivity index (χ0n) is 15.1. The van der Waals surface area contributed by atoms with Crippen LogP contribution in [-0.2, 0) is 9.47 Å². The van der Waals surface area contributed by atoms with Gasteiger partial charge in [0.2, 0.25) is 0 Å². The lowest BCUT2D eigenvalue weighted by molar-refractivity contribution is 0.0202. The van der Waals surface area contributed by atoms with E-state index < -0.39 is 11.4 Å². The van der Waals surface area contributed by atoms with Gasteiger partial charge in [-0.05, 0) is 51.7 Å². The molecule has 0 aliphatic carbocycles. The van der Waals surface area contributed by atoms with Gasteiger partial charge in [-0.3, -0.25) is 0 Å². The molecule has 0 N–H and O–H groups in total. The van der Waals surface area contributed by atoms with Crippen LogP contribution < -0.4 is 4.74 Å². The topological polar surface area (TPSA) is 48.0 Å². The van der Waals surface area contributed by atoms with Crippen LogP contribution in [-0.4, -0.2) is 43.6 Å². The van der Waals surface area contributed by atoms with Gasteiger partial charge >= 0.3 is 6.09 Å². The Morgan fingerprint density at radius 3 is 2.52 bits per heavy atom. The summed E-state index contributed by atoms with van der Waals surface area (Å²) in [5, 5.41) is 0.326. The Hall–Kier alpha value is -1.53.